The van der Waals surface area contributed by atoms with Crippen LogP contribution < -0.4 is 15.6 Å². The Balaban J connectivity index is 1.96. The third-order valence-electron chi connectivity index (χ3n) is 3.03. The first kappa shape index (κ1) is 15.4. The van der Waals surface area contributed by atoms with Gasteiger partial charge in [0.05, 0.1) is 13.7 Å². The number of methoxy groups -OCH3 is 1. The number of nitrogens with one attached hydrogen (secondary N) is 1. The maximum Gasteiger partial charge on any atom is 0.263 e. The van der Waals surface area contributed by atoms with Gasteiger partial charge in [-0.3, -0.25) is 9.59 Å². The first-order valence-electron chi connectivity index (χ1n) is 6.68. The number of hydrogen-bond acceptors (Lipinski definition) is 3. The van der Waals surface area contributed by atoms with Crippen molar-refractivity contribution >= 4 is 5.91 Å². The lowest BCUT2D eigenvalue weighted by atomic mass is 10.2. The van der Waals surface area contributed by atoms with Gasteiger partial charge in [-0.05, 0) is 36.4 Å². The second-order valence-electron chi connectivity index (χ2n) is 4.55. The highest BCUT2D eigenvalue weighted by molar-refractivity contribution is 5.93. The third kappa shape index (κ3) is 3.76. The van der Waals surface area contributed by atoms with Crippen LogP contribution in [-0.4, -0.2) is 24.1 Å². The van der Waals surface area contributed by atoms with E-state index in [0.717, 1.165) is 11.3 Å². The van der Waals surface area contributed by atoms with Gasteiger partial charge < -0.3 is 14.6 Å². The largest absolute Gasteiger partial charge is 0.497 e. The molecule has 1 heterocycles. The van der Waals surface area contributed by atoms with Gasteiger partial charge in [-0.15, -0.1) is 0 Å². The molecule has 0 saturated heterocycles. The number of carbonyl (C=O) groups is 1. The number of ether oxygens (including phenoxy) is 1. The van der Waals surface area contributed by atoms with E-state index in [2.05, 4.69) is 17.2 Å². The molecule has 112 valence electrons. The molecule has 0 saturated carbocycles. The predicted octanol–water partition coefficient (Wildman–Crippen LogP) is 1.18. The molecule has 0 aliphatic carbocycles. The number of carbonyl (C=O) groups excluding carboxylic acids is 1. The summed E-state index contributed by atoms with van der Waals surface area (Å²) in [7, 11) is 3.20. The minimum atomic E-state index is -0.426. The van der Waals surface area contributed by atoms with E-state index in [4.69, 9.17) is 4.74 Å². The number of pyridine rings is 1. The summed E-state index contributed by atoms with van der Waals surface area (Å²) in [5, 5.41) is 2.61. The van der Waals surface area contributed by atoms with Crippen molar-refractivity contribution in [3.63, 3.8) is 0 Å². The molecule has 0 spiro atoms. The van der Waals surface area contributed by atoms with Gasteiger partial charge >= 0.3 is 0 Å². The molecule has 5 nitrogen and oxygen atoms in total. The van der Waals surface area contributed by atoms with E-state index in [1.165, 1.54) is 10.6 Å². The van der Waals surface area contributed by atoms with Crippen molar-refractivity contribution < 1.29 is 9.53 Å². The number of aryl methyl sites for hydroxylation is 1. The van der Waals surface area contributed by atoms with Crippen LogP contribution in [0.25, 0.3) is 0 Å². The van der Waals surface area contributed by atoms with Crippen LogP contribution in [0.15, 0.2) is 47.4 Å². The number of aromatic nitrogens is 1. The zero-order valence-corrected chi connectivity index (χ0v) is 12.4. The third-order valence-corrected chi connectivity index (χ3v) is 3.03. The molecule has 5 heteroatoms. The van der Waals surface area contributed by atoms with E-state index in [-0.39, 0.29) is 17.7 Å². The van der Waals surface area contributed by atoms with Crippen LogP contribution in [0, 0.1) is 11.8 Å². The molecule has 0 unspecified atom stereocenters. The molecule has 1 amide bonds. The zero-order valence-electron chi connectivity index (χ0n) is 12.4. The van der Waals surface area contributed by atoms with Crippen LogP contribution in [0.4, 0.5) is 0 Å². The van der Waals surface area contributed by atoms with Gasteiger partial charge in [-0.1, -0.05) is 11.8 Å². The zero-order chi connectivity index (χ0) is 15.9. The summed E-state index contributed by atoms with van der Waals surface area (Å²) in [5.74, 6) is 6.10. The smallest absolute Gasteiger partial charge is 0.263 e. The molecule has 2 rings (SSSR count). The van der Waals surface area contributed by atoms with Crippen LogP contribution >= 0.6 is 0 Å². The molecule has 0 bridgehead atoms. The standard InChI is InChI=1S/C17H16N2O3/c1-19-12-4-6-15(17(19)21)16(20)18-11-3-5-13-7-9-14(22-2)10-8-13/h4,6-10,12H,11H2,1-2H3,(H,18,20). The van der Waals surface area contributed by atoms with E-state index < -0.39 is 5.91 Å². The van der Waals surface area contributed by atoms with Crippen molar-refractivity contribution in [2.75, 3.05) is 13.7 Å². The van der Waals surface area contributed by atoms with E-state index in [0.29, 0.717) is 0 Å². The maximum absolute atomic E-state index is 11.9. The topological polar surface area (TPSA) is 60.3 Å². The highest BCUT2D eigenvalue weighted by atomic mass is 16.5. The van der Waals surface area contributed by atoms with Gasteiger partial charge in [-0.2, -0.15) is 0 Å². The molecular weight excluding hydrogens is 280 g/mol. The number of nitrogens with zero attached hydrogens (tertiary/aromatic N) is 1. The molecule has 22 heavy (non-hydrogen) atoms. The Kier molecular flexibility index (Phi) is 4.99. The molecule has 0 radical (unpaired) electrons. The van der Waals surface area contributed by atoms with Crippen molar-refractivity contribution in [3.05, 3.63) is 64.1 Å². The predicted molar refractivity (Wildman–Crippen MR) is 83.9 cm³/mol. The molecule has 0 atom stereocenters. The summed E-state index contributed by atoms with van der Waals surface area (Å²) < 4.78 is 6.42. The number of benzene rings is 1. The summed E-state index contributed by atoms with van der Waals surface area (Å²) in [5.41, 5.74) is 0.602. The summed E-state index contributed by atoms with van der Waals surface area (Å²) in [6.07, 6.45) is 1.60. The fourth-order valence-electron chi connectivity index (χ4n) is 1.81. The highest BCUT2D eigenvalue weighted by Gasteiger charge is 2.09. The Bertz CT molecular complexity index is 780. The second-order valence-corrected chi connectivity index (χ2v) is 4.55. The van der Waals surface area contributed by atoms with Crippen LogP contribution in [-0.2, 0) is 7.05 Å². The Morgan fingerprint density at radius 1 is 1.27 bits per heavy atom. The van der Waals surface area contributed by atoms with Crippen LogP contribution in [0.3, 0.4) is 0 Å². The lowest BCUT2D eigenvalue weighted by Crippen LogP contribution is -2.32. The first-order chi connectivity index (χ1) is 10.6. The molecule has 0 fully saturated rings. The summed E-state index contributed by atoms with van der Waals surface area (Å²) >= 11 is 0. The lowest BCUT2D eigenvalue weighted by molar-refractivity contribution is 0.0956. The average molecular weight is 296 g/mol. The Hall–Kier alpha value is -3.00. The maximum atomic E-state index is 11.9. The van der Waals surface area contributed by atoms with Crippen molar-refractivity contribution in [1.29, 1.82) is 0 Å². The van der Waals surface area contributed by atoms with Crippen molar-refractivity contribution in [1.82, 2.24) is 9.88 Å². The van der Waals surface area contributed by atoms with E-state index in [1.54, 1.807) is 26.4 Å². The fraction of sp³-hybridized carbons (Fsp3) is 0.176. The van der Waals surface area contributed by atoms with Crippen molar-refractivity contribution in [2.45, 2.75) is 0 Å². The molecule has 1 N–H and O–H groups in total. The van der Waals surface area contributed by atoms with Crippen LogP contribution in [0.2, 0.25) is 0 Å². The fourth-order valence-corrected chi connectivity index (χ4v) is 1.81. The molecule has 1 aromatic carbocycles. The second kappa shape index (κ2) is 7.14. The van der Waals surface area contributed by atoms with E-state index in [9.17, 15) is 9.59 Å². The van der Waals surface area contributed by atoms with Gasteiger partial charge in [0, 0.05) is 18.8 Å². The van der Waals surface area contributed by atoms with Crippen molar-refractivity contribution in [3.8, 4) is 17.6 Å². The van der Waals surface area contributed by atoms with Gasteiger partial charge in [0.2, 0.25) is 0 Å². The van der Waals surface area contributed by atoms with Crippen LogP contribution in [0.5, 0.6) is 5.75 Å². The molecule has 0 aliphatic heterocycles. The van der Waals surface area contributed by atoms with E-state index >= 15 is 0 Å². The summed E-state index contributed by atoms with van der Waals surface area (Å²) in [6, 6.07) is 10.4. The quantitative estimate of drug-likeness (QED) is 0.865. The normalized spacial score (nSPS) is 9.55. The Morgan fingerprint density at radius 3 is 2.68 bits per heavy atom. The van der Waals surface area contributed by atoms with Crippen molar-refractivity contribution in [2.24, 2.45) is 7.05 Å². The minimum Gasteiger partial charge on any atom is -0.497 e. The average Bonchev–Trinajstić information content (AvgIpc) is 2.54. The Labute approximate surface area is 128 Å². The van der Waals surface area contributed by atoms with Gasteiger partial charge in [-0.25, -0.2) is 0 Å². The van der Waals surface area contributed by atoms with Gasteiger partial charge in [0.1, 0.15) is 11.3 Å². The summed E-state index contributed by atoms with van der Waals surface area (Å²) in [4.78, 5) is 23.7. The SMILES string of the molecule is COc1ccc(C#CCNC(=O)c2cccn(C)c2=O)cc1. The molecule has 0 aliphatic rings. The number of amides is 1. The molecule has 1 aromatic heterocycles. The summed E-state index contributed by atoms with van der Waals surface area (Å²) in [6.45, 7) is 0.170. The molecular formula is C17H16N2O3. The first-order valence-corrected chi connectivity index (χ1v) is 6.68. The number of rotatable bonds is 3. The molecule has 2 aromatic rings. The Morgan fingerprint density at radius 2 is 2.00 bits per heavy atom. The van der Waals surface area contributed by atoms with Gasteiger partial charge in [0.25, 0.3) is 11.5 Å². The minimum absolute atomic E-state index is 0.108. The van der Waals surface area contributed by atoms with Gasteiger partial charge in [0.15, 0.2) is 0 Å². The van der Waals surface area contributed by atoms with Crippen LogP contribution in [0.1, 0.15) is 15.9 Å². The monoisotopic (exact) mass is 296 g/mol. The number of hydrogen-bond donors (Lipinski definition) is 1. The highest BCUT2D eigenvalue weighted by Crippen LogP contribution is 2.09. The van der Waals surface area contributed by atoms with E-state index in [1.807, 2.05) is 24.3 Å². The lowest BCUT2D eigenvalue weighted by Gasteiger charge is -2.02.